The number of aromatic nitrogens is 2. The van der Waals surface area contributed by atoms with E-state index in [0.717, 1.165) is 5.69 Å². The third kappa shape index (κ3) is 2.04. The van der Waals surface area contributed by atoms with Gasteiger partial charge in [0, 0.05) is 12.0 Å². The van der Waals surface area contributed by atoms with Crippen LogP contribution >= 0.6 is 0 Å². The summed E-state index contributed by atoms with van der Waals surface area (Å²) in [7, 11) is 1.85. The normalized spacial score (nSPS) is 8.08. The van der Waals surface area contributed by atoms with E-state index in [0.29, 0.717) is 0 Å². The Morgan fingerprint density at radius 3 is 3.25 bits per heavy atom. The van der Waals surface area contributed by atoms with Crippen LogP contribution in [0.5, 0.6) is 0 Å². The van der Waals surface area contributed by atoms with Crippen molar-refractivity contribution in [3.63, 3.8) is 0 Å². The molecule has 0 amide bonds. The van der Waals surface area contributed by atoms with E-state index in [2.05, 4.69) is 26.9 Å². The zero-order chi connectivity index (χ0) is 8.81. The molecule has 5 nitrogen and oxygen atoms in total. The molecule has 0 saturated carbocycles. The van der Waals surface area contributed by atoms with Crippen LogP contribution in [-0.4, -0.2) is 16.1 Å². The lowest BCUT2D eigenvalue weighted by molar-refractivity contribution is 0.899. The molecule has 1 aromatic heterocycles. The summed E-state index contributed by atoms with van der Waals surface area (Å²) in [5, 5.41) is 3.28. The molecule has 0 aliphatic carbocycles. The molecule has 0 atom stereocenters. The van der Waals surface area contributed by atoms with Gasteiger partial charge in [-0.05, 0) is 11.5 Å². The van der Waals surface area contributed by atoms with Crippen LogP contribution in [0.4, 0.5) is 0 Å². The molecule has 0 N–H and O–H groups in total. The van der Waals surface area contributed by atoms with Crippen molar-refractivity contribution in [2.75, 3.05) is 6.54 Å². The maximum absolute atomic E-state index is 7.95. The van der Waals surface area contributed by atoms with Crippen molar-refractivity contribution >= 4 is 0 Å². The predicted octanol–water partition coefficient (Wildman–Crippen LogP) is 1.08. The lowest BCUT2D eigenvalue weighted by Crippen LogP contribution is -1.88. The number of nitrogens with zero attached hydrogens (tertiary/aromatic N) is 5. The third-order valence-corrected chi connectivity index (χ3v) is 1.25. The number of rotatable bonds is 1. The number of hydrogen-bond acceptors (Lipinski definition) is 2. The number of hydrogen-bond donors (Lipinski definition) is 0. The SMILES string of the molecule is Cn1cncc1C#CCN=[N+]=[N-]. The van der Waals surface area contributed by atoms with Gasteiger partial charge in [-0.25, -0.2) is 4.98 Å². The summed E-state index contributed by atoms with van der Waals surface area (Å²) in [4.78, 5) is 6.45. The Kier molecular flexibility index (Phi) is 2.77. The molecule has 0 bridgehead atoms. The molecule has 12 heavy (non-hydrogen) atoms. The molecule has 0 spiro atoms. The van der Waals surface area contributed by atoms with Gasteiger partial charge in [0.25, 0.3) is 0 Å². The lowest BCUT2D eigenvalue weighted by atomic mass is 10.4. The van der Waals surface area contributed by atoms with Crippen LogP contribution in [0, 0.1) is 11.8 Å². The highest BCUT2D eigenvalue weighted by Crippen LogP contribution is 1.91. The maximum Gasteiger partial charge on any atom is 0.111 e. The van der Waals surface area contributed by atoms with E-state index >= 15 is 0 Å². The van der Waals surface area contributed by atoms with Crippen molar-refractivity contribution in [3.05, 3.63) is 28.7 Å². The Bertz CT molecular complexity index is 361. The first-order valence-electron chi connectivity index (χ1n) is 3.30. The average molecular weight is 161 g/mol. The van der Waals surface area contributed by atoms with Gasteiger partial charge in [0.2, 0.25) is 0 Å². The highest BCUT2D eigenvalue weighted by atomic mass is 15.1. The molecular formula is C7H7N5. The Labute approximate surface area is 69.7 Å². The van der Waals surface area contributed by atoms with Gasteiger partial charge in [0.05, 0.1) is 19.1 Å². The second-order valence-electron chi connectivity index (χ2n) is 2.08. The quantitative estimate of drug-likeness (QED) is 0.263. The second-order valence-corrected chi connectivity index (χ2v) is 2.08. The van der Waals surface area contributed by atoms with E-state index in [4.69, 9.17) is 5.53 Å². The number of azide groups is 1. The fourth-order valence-corrected chi connectivity index (χ4v) is 0.675. The van der Waals surface area contributed by atoms with Gasteiger partial charge in [0.1, 0.15) is 5.69 Å². The van der Waals surface area contributed by atoms with Crippen molar-refractivity contribution < 1.29 is 0 Å². The molecule has 0 fully saturated rings. The molecule has 0 aliphatic rings. The van der Waals surface area contributed by atoms with Gasteiger partial charge in [0.15, 0.2) is 0 Å². The topological polar surface area (TPSA) is 66.6 Å². The van der Waals surface area contributed by atoms with E-state index in [-0.39, 0.29) is 6.54 Å². The average Bonchev–Trinajstić information content (AvgIpc) is 2.46. The zero-order valence-corrected chi connectivity index (χ0v) is 6.60. The van der Waals surface area contributed by atoms with Crippen molar-refractivity contribution in [1.29, 1.82) is 0 Å². The summed E-state index contributed by atoms with van der Waals surface area (Å²) in [6, 6.07) is 0. The highest BCUT2D eigenvalue weighted by Gasteiger charge is 1.89. The Hall–Kier alpha value is -1.92. The highest BCUT2D eigenvalue weighted by molar-refractivity contribution is 5.26. The van der Waals surface area contributed by atoms with Gasteiger partial charge >= 0.3 is 0 Å². The summed E-state index contributed by atoms with van der Waals surface area (Å²) in [6.45, 7) is 0.196. The van der Waals surface area contributed by atoms with Crippen molar-refractivity contribution in [2.45, 2.75) is 0 Å². The number of imidazole rings is 1. The second kappa shape index (κ2) is 4.06. The summed E-state index contributed by atoms with van der Waals surface area (Å²) in [6.07, 6.45) is 3.32. The van der Waals surface area contributed by atoms with Gasteiger partial charge in [-0.2, -0.15) is 0 Å². The van der Waals surface area contributed by atoms with E-state index in [1.807, 2.05) is 7.05 Å². The van der Waals surface area contributed by atoms with Crippen LogP contribution < -0.4 is 0 Å². The Balaban J connectivity index is 2.66. The minimum absolute atomic E-state index is 0.196. The fourth-order valence-electron chi connectivity index (χ4n) is 0.675. The molecule has 0 unspecified atom stereocenters. The van der Waals surface area contributed by atoms with Gasteiger partial charge in [-0.1, -0.05) is 11.0 Å². The Morgan fingerprint density at radius 2 is 2.67 bits per heavy atom. The van der Waals surface area contributed by atoms with Crippen LogP contribution in [0.2, 0.25) is 0 Å². The first-order chi connectivity index (χ1) is 5.84. The van der Waals surface area contributed by atoms with E-state index < -0.39 is 0 Å². The maximum atomic E-state index is 7.95. The van der Waals surface area contributed by atoms with Crippen LogP contribution in [0.1, 0.15) is 5.69 Å². The summed E-state index contributed by atoms with van der Waals surface area (Å²) < 4.78 is 1.79. The van der Waals surface area contributed by atoms with E-state index in [1.165, 1.54) is 0 Å². The molecule has 5 heteroatoms. The first kappa shape index (κ1) is 8.18. The van der Waals surface area contributed by atoms with Gasteiger partial charge in [-0.15, -0.1) is 0 Å². The lowest BCUT2D eigenvalue weighted by Gasteiger charge is -1.88. The molecule has 0 radical (unpaired) electrons. The monoisotopic (exact) mass is 161 g/mol. The first-order valence-corrected chi connectivity index (χ1v) is 3.30. The molecule has 0 aromatic carbocycles. The standard InChI is InChI=1S/C7H7N5/c1-12-6-9-5-7(12)3-2-4-10-11-8/h5-6H,4H2,1H3. The summed E-state index contributed by atoms with van der Waals surface area (Å²) in [5.74, 6) is 5.51. The summed E-state index contributed by atoms with van der Waals surface area (Å²) in [5.41, 5.74) is 8.76. The molecule has 60 valence electrons. The zero-order valence-electron chi connectivity index (χ0n) is 6.60. The minimum Gasteiger partial charge on any atom is -0.327 e. The molecule has 1 heterocycles. The molecule has 0 saturated heterocycles. The van der Waals surface area contributed by atoms with Crippen LogP contribution in [0.15, 0.2) is 17.6 Å². The molecule has 0 aliphatic heterocycles. The van der Waals surface area contributed by atoms with Crippen molar-refractivity contribution in [2.24, 2.45) is 12.2 Å². The van der Waals surface area contributed by atoms with Crippen molar-refractivity contribution in [3.8, 4) is 11.8 Å². The van der Waals surface area contributed by atoms with Crippen LogP contribution in [0.25, 0.3) is 10.4 Å². The van der Waals surface area contributed by atoms with Gasteiger partial charge in [-0.3, -0.25) is 0 Å². The predicted molar refractivity (Wildman–Crippen MR) is 44.1 cm³/mol. The van der Waals surface area contributed by atoms with E-state index in [9.17, 15) is 0 Å². The minimum atomic E-state index is 0.196. The molecule has 1 aromatic rings. The largest absolute Gasteiger partial charge is 0.327 e. The number of aryl methyl sites for hydroxylation is 1. The molecular weight excluding hydrogens is 154 g/mol. The Morgan fingerprint density at radius 1 is 1.83 bits per heavy atom. The molecule has 1 rings (SSSR count). The van der Waals surface area contributed by atoms with Crippen LogP contribution in [-0.2, 0) is 7.05 Å². The van der Waals surface area contributed by atoms with E-state index in [1.54, 1.807) is 17.1 Å². The van der Waals surface area contributed by atoms with Crippen LogP contribution in [0.3, 0.4) is 0 Å². The summed E-state index contributed by atoms with van der Waals surface area (Å²) >= 11 is 0. The smallest absolute Gasteiger partial charge is 0.111 e. The fraction of sp³-hybridized carbons (Fsp3) is 0.286. The van der Waals surface area contributed by atoms with Gasteiger partial charge < -0.3 is 4.57 Å². The van der Waals surface area contributed by atoms with Crippen molar-refractivity contribution in [1.82, 2.24) is 9.55 Å². The third-order valence-electron chi connectivity index (χ3n) is 1.25.